The van der Waals surface area contributed by atoms with Gasteiger partial charge in [-0.3, -0.25) is 0 Å². The molecule has 0 aromatic heterocycles. The van der Waals surface area contributed by atoms with Crippen LogP contribution < -0.4 is 4.74 Å². The Hall–Kier alpha value is -1.44. The van der Waals surface area contributed by atoms with Crippen LogP contribution in [0.3, 0.4) is 0 Å². The van der Waals surface area contributed by atoms with E-state index in [1.54, 1.807) is 6.07 Å². The van der Waals surface area contributed by atoms with Crippen LogP contribution in [0.15, 0.2) is 18.2 Å². The summed E-state index contributed by atoms with van der Waals surface area (Å²) in [7, 11) is 0. The van der Waals surface area contributed by atoms with Crippen molar-refractivity contribution in [2.75, 3.05) is 0 Å². The molecule has 0 atom stereocenters. The highest BCUT2D eigenvalue weighted by molar-refractivity contribution is 5.64. The van der Waals surface area contributed by atoms with E-state index in [4.69, 9.17) is 4.74 Å². The average molecular weight is 190 g/mol. The van der Waals surface area contributed by atoms with Crippen molar-refractivity contribution < 1.29 is 9.84 Å². The van der Waals surface area contributed by atoms with Crippen LogP contribution in [0.2, 0.25) is 0 Å². The third-order valence-corrected chi connectivity index (χ3v) is 2.37. The first-order chi connectivity index (χ1) is 6.48. The predicted molar refractivity (Wildman–Crippen MR) is 56.6 cm³/mol. The van der Waals surface area contributed by atoms with Crippen LogP contribution in [0.4, 0.5) is 0 Å². The number of benzene rings is 1. The van der Waals surface area contributed by atoms with Crippen molar-refractivity contribution in [3.8, 4) is 11.5 Å². The molecular formula is C12H14O2. The second-order valence-corrected chi connectivity index (χ2v) is 4.22. The number of fused-ring (bicyclic) bond motifs is 1. The van der Waals surface area contributed by atoms with Gasteiger partial charge in [0.1, 0.15) is 17.1 Å². The van der Waals surface area contributed by atoms with Crippen LogP contribution in [0.1, 0.15) is 25.0 Å². The molecule has 0 amide bonds. The summed E-state index contributed by atoms with van der Waals surface area (Å²) in [6.07, 6.45) is 3.97. The quantitative estimate of drug-likeness (QED) is 0.681. The Labute approximate surface area is 83.8 Å². The number of rotatable bonds is 0. The number of phenolic OH excluding ortho intramolecular Hbond substituents is 1. The molecule has 0 saturated heterocycles. The Morgan fingerprint density at radius 2 is 2.00 bits per heavy atom. The smallest absolute Gasteiger partial charge is 0.128 e. The van der Waals surface area contributed by atoms with E-state index >= 15 is 0 Å². The molecule has 1 heterocycles. The second kappa shape index (κ2) is 2.77. The molecule has 1 aliphatic rings. The standard InChI is InChI=1S/C12H14O2/c1-8-6-11-9(7-10(8)13)4-5-12(2,3)14-11/h4-7,13H,1-3H3. The molecule has 2 heteroatoms. The minimum atomic E-state index is -0.254. The van der Waals surface area contributed by atoms with E-state index < -0.39 is 0 Å². The Morgan fingerprint density at radius 3 is 2.71 bits per heavy atom. The number of ether oxygens (including phenoxy) is 1. The zero-order chi connectivity index (χ0) is 10.3. The largest absolute Gasteiger partial charge is 0.508 e. The maximum absolute atomic E-state index is 9.52. The lowest BCUT2D eigenvalue weighted by molar-refractivity contribution is 0.158. The van der Waals surface area contributed by atoms with Gasteiger partial charge in [-0.1, -0.05) is 6.08 Å². The Morgan fingerprint density at radius 1 is 1.29 bits per heavy atom. The molecule has 0 unspecified atom stereocenters. The van der Waals surface area contributed by atoms with Gasteiger partial charge in [-0.25, -0.2) is 0 Å². The maximum Gasteiger partial charge on any atom is 0.128 e. The van der Waals surface area contributed by atoms with Crippen molar-refractivity contribution in [3.05, 3.63) is 29.3 Å². The predicted octanol–water partition coefficient (Wildman–Crippen LogP) is 2.88. The Bertz CT molecular complexity index is 403. The van der Waals surface area contributed by atoms with Crippen LogP contribution in [-0.2, 0) is 0 Å². The van der Waals surface area contributed by atoms with Crippen LogP contribution in [0.25, 0.3) is 6.08 Å². The number of hydrogen-bond acceptors (Lipinski definition) is 2. The molecule has 2 rings (SSSR count). The summed E-state index contributed by atoms with van der Waals surface area (Å²) in [4.78, 5) is 0. The summed E-state index contributed by atoms with van der Waals surface area (Å²) in [5.74, 6) is 1.16. The highest BCUT2D eigenvalue weighted by Gasteiger charge is 2.22. The molecular weight excluding hydrogens is 176 g/mol. The zero-order valence-electron chi connectivity index (χ0n) is 8.66. The SMILES string of the molecule is Cc1cc2c(cc1O)C=CC(C)(C)O2. The van der Waals surface area contributed by atoms with Gasteiger partial charge in [0.15, 0.2) is 0 Å². The maximum atomic E-state index is 9.52. The van der Waals surface area contributed by atoms with Crippen LogP contribution >= 0.6 is 0 Å². The molecule has 0 fully saturated rings. The van der Waals surface area contributed by atoms with E-state index in [0.29, 0.717) is 5.75 Å². The van der Waals surface area contributed by atoms with Crippen molar-refractivity contribution in [2.45, 2.75) is 26.4 Å². The van der Waals surface area contributed by atoms with Gasteiger partial charge in [0.05, 0.1) is 0 Å². The van der Waals surface area contributed by atoms with Gasteiger partial charge in [-0.2, -0.15) is 0 Å². The van der Waals surface area contributed by atoms with Crippen molar-refractivity contribution in [1.82, 2.24) is 0 Å². The first kappa shape index (κ1) is 9.13. The summed E-state index contributed by atoms with van der Waals surface area (Å²) in [5.41, 5.74) is 1.53. The fourth-order valence-electron chi connectivity index (χ4n) is 1.51. The summed E-state index contributed by atoms with van der Waals surface area (Å²) < 4.78 is 5.76. The van der Waals surface area contributed by atoms with Crippen molar-refractivity contribution in [3.63, 3.8) is 0 Å². The molecule has 1 N–H and O–H groups in total. The van der Waals surface area contributed by atoms with Gasteiger partial charge >= 0.3 is 0 Å². The van der Waals surface area contributed by atoms with E-state index in [-0.39, 0.29) is 5.60 Å². The van der Waals surface area contributed by atoms with Crippen molar-refractivity contribution in [1.29, 1.82) is 0 Å². The summed E-state index contributed by atoms with van der Waals surface area (Å²) in [6.45, 7) is 5.88. The Kier molecular flexibility index (Phi) is 1.81. The van der Waals surface area contributed by atoms with Crippen molar-refractivity contribution >= 4 is 6.08 Å². The molecule has 14 heavy (non-hydrogen) atoms. The third-order valence-electron chi connectivity index (χ3n) is 2.37. The molecule has 1 aliphatic heterocycles. The normalized spacial score (nSPS) is 17.4. The van der Waals surface area contributed by atoms with E-state index in [1.807, 2.05) is 39.0 Å². The topological polar surface area (TPSA) is 29.5 Å². The Balaban J connectivity index is 2.52. The first-order valence-electron chi connectivity index (χ1n) is 4.70. The van der Waals surface area contributed by atoms with Crippen molar-refractivity contribution in [2.24, 2.45) is 0 Å². The summed E-state index contributed by atoms with van der Waals surface area (Å²) in [5, 5.41) is 9.52. The summed E-state index contributed by atoms with van der Waals surface area (Å²) >= 11 is 0. The highest BCUT2D eigenvalue weighted by Crippen LogP contribution is 2.34. The van der Waals surface area contributed by atoms with Gasteiger partial charge in [-0.05, 0) is 44.5 Å². The molecule has 1 aromatic carbocycles. The van der Waals surface area contributed by atoms with Gasteiger partial charge < -0.3 is 9.84 Å². The summed E-state index contributed by atoms with van der Waals surface area (Å²) in [6, 6.07) is 3.60. The number of aryl methyl sites for hydroxylation is 1. The minimum Gasteiger partial charge on any atom is -0.508 e. The molecule has 74 valence electrons. The van der Waals surface area contributed by atoms with Gasteiger partial charge in [0, 0.05) is 5.56 Å². The van der Waals surface area contributed by atoms with Gasteiger partial charge in [0.2, 0.25) is 0 Å². The van der Waals surface area contributed by atoms with Gasteiger partial charge in [0.25, 0.3) is 0 Å². The highest BCUT2D eigenvalue weighted by atomic mass is 16.5. The van der Waals surface area contributed by atoms with E-state index in [2.05, 4.69) is 0 Å². The average Bonchev–Trinajstić information content (AvgIpc) is 2.07. The lowest BCUT2D eigenvalue weighted by atomic mass is 10.0. The second-order valence-electron chi connectivity index (χ2n) is 4.22. The third kappa shape index (κ3) is 1.48. The fourth-order valence-corrected chi connectivity index (χ4v) is 1.51. The number of aromatic hydroxyl groups is 1. The number of phenols is 1. The van der Waals surface area contributed by atoms with Crippen LogP contribution in [0.5, 0.6) is 11.5 Å². The molecule has 0 radical (unpaired) electrons. The minimum absolute atomic E-state index is 0.254. The number of hydrogen-bond donors (Lipinski definition) is 1. The molecule has 0 saturated carbocycles. The monoisotopic (exact) mass is 190 g/mol. The lowest BCUT2D eigenvalue weighted by Gasteiger charge is -2.28. The van der Waals surface area contributed by atoms with Crippen LogP contribution in [0, 0.1) is 6.92 Å². The molecule has 0 spiro atoms. The first-order valence-corrected chi connectivity index (χ1v) is 4.70. The van der Waals surface area contributed by atoms with E-state index in [0.717, 1.165) is 16.9 Å². The lowest BCUT2D eigenvalue weighted by Crippen LogP contribution is -2.27. The molecule has 1 aromatic rings. The molecule has 2 nitrogen and oxygen atoms in total. The zero-order valence-corrected chi connectivity index (χ0v) is 8.66. The van der Waals surface area contributed by atoms with E-state index in [1.165, 1.54) is 0 Å². The van der Waals surface area contributed by atoms with Crippen LogP contribution in [-0.4, -0.2) is 10.7 Å². The molecule has 0 bridgehead atoms. The fraction of sp³-hybridized carbons (Fsp3) is 0.333. The van der Waals surface area contributed by atoms with Gasteiger partial charge in [-0.15, -0.1) is 0 Å². The van der Waals surface area contributed by atoms with E-state index in [9.17, 15) is 5.11 Å². The molecule has 0 aliphatic carbocycles.